The number of benzene rings is 2. The number of halogens is 1. The van der Waals surface area contributed by atoms with Crippen molar-refractivity contribution in [3.8, 4) is 6.07 Å². The van der Waals surface area contributed by atoms with Crippen LogP contribution in [0.15, 0.2) is 67.0 Å². The number of rotatable bonds is 6. The van der Waals surface area contributed by atoms with Crippen LogP contribution in [-0.4, -0.2) is 48.1 Å². The summed E-state index contributed by atoms with van der Waals surface area (Å²) in [4.78, 5) is 19.1. The van der Waals surface area contributed by atoms with Crippen LogP contribution in [0.4, 0.5) is 5.69 Å². The Morgan fingerprint density at radius 2 is 1.68 bits per heavy atom. The molecule has 0 bridgehead atoms. The van der Waals surface area contributed by atoms with Gasteiger partial charge in [-0.1, -0.05) is 30.3 Å². The minimum atomic E-state index is 0. The summed E-state index contributed by atoms with van der Waals surface area (Å²) in [7, 11) is 0. The van der Waals surface area contributed by atoms with E-state index in [1.807, 2.05) is 47.6 Å². The Morgan fingerprint density at radius 3 is 2.35 bits per heavy atom. The molecule has 0 aliphatic carbocycles. The van der Waals surface area contributed by atoms with E-state index < -0.39 is 0 Å². The lowest BCUT2D eigenvalue weighted by atomic mass is 10.0. The second kappa shape index (κ2) is 10.7. The Hall–Kier alpha value is -3.17. The highest BCUT2D eigenvalue weighted by Crippen LogP contribution is 2.19. The average Bonchev–Trinajstić information content (AvgIpc) is 3.22. The highest BCUT2D eigenvalue weighted by Gasteiger charge is 2.22. The second-order valence-corrected chi connectivity index (χ2v) is 7.91. The summed E-state index contributed by atoms with van der Waals surface area (Å²) in [5, 5.41) is 12.1. The van der Waals surface area contributed by atoms with Crippen LogP contribution >= 0.6 is 12.4 Å². The summed E-state index contributed by atoms with van der Waals surface area (Å²) in [6.45, 7) is 3.77. The third-order valence-electron chi connectivity index (χ3n) is 5.65. The molecule has 1 amide bonds. The molecule has 1 saturated heterocycles. The van der Waals surface area contributed by atoms with Crippen molar-refractivity contribution >= 4 is 24.0 Å². The molecular weight excluding hydrogens is 410 g/mol. The molecule has 0 radical (unpaired) electrons. The predicted molar refractivity (Wildman–Crippen MR) is 124 cm³/mol. The molecule has 2 aromatic rings. The van der Waals surface area contributed by atoms with Crippen molar-refractivity contribution in [2.75, 3.05) is 31.2 Å². The van der Waals surface area contributed by atoms with E-state index in [4.69, 9.17) is 5.26 Å². The maximum atomic E-state index is 12.5. The van der Waals surface area contributed by atoms with Gasteiger partial charge in [-0.2, -0.15) is 5.26 Å². The molecule has 0 unspecified atom stereocenters. The first-order valence-electron chi connectivity index (χ1n) is 10.4. The Bertz CT molecular complexity index is 917. The lowest BCUT2D eigenvalue weighted by Gasteiger charge is -2.34. The van der Waals surface area contributed by atoms with Crippen LogP contribution in [0.2, 0.25) is 0 Å². The zero-order valence-electron chi connectivity index (χ0n) is 17.5. The Balaban J connectivity index is 0.00000272. The molecule has 4 rings (SSSR count). The van der Waals surface area contributed by atoms with Crippen molar-refractivity contribution in [1.29, 1.82) is 5.26 Å². The molecule has 2 aliphatic rings. The number of hydrogen-bond donors (Lipinski definition) is 1. The van der Waals surface area contributed by atoms with Crippen LogP contribution in [0.3, 0.4) is 0 Å². The summed E-state index contributed by atoms with van der Waals surface area (Å²) < 4.78 is 0. The predicted octanol–water partition coefficient (Wildman–Crippen LogP) is 3.31. The summed E-state index contributed by atoms with van der Waals surface area (Å²) >= 11 is 0. The first kappa shape index (κ1) is 22.5. The van der Waals surface area contributed by atoms with Gasteiger partial charge in [0.25, 0.3) is 0 Å². The van der Waals surface area contributed by atoms with Gasteiger partial charge in [-0.25, -0.2) is 0 Å². The first-order valence-corrected chi connectivity index (χ1v) is 10.4. The fourth-order valence-corrected chi connectivity index (χ4v) is 4.02. The Kier molecular flexibility index (Phi) is 7.80. The summed E-state index contributed by atoms with van der Waals surface area (Å²) in [5.74, 6) is 0.0815. The van der Waals surface area contributed by atoms with E-state index in [2.05, 4.69) is 45.5 Å². The Labute approximate surface area is 190 Å². The van der Waals surface area contributed by atoms with Crippen LogP contribution in [-0.2, 0) is 11.3 Å². The van der Waals surface area contributed by atoms with E-state index >= 15 is 0 Å². The van der Waals surface area contributed by atoms with Crippen molar-refractivity contribution in [3.05, 3.63) is 78.1 Å². The van der Waals surface area contributed by atoms with Crippen molar-refractivity contribution in [2.24, 2.45) is 0 Å². The van der Waals surface area contributed by atoms with Crippen LogP contribution in [0.1, 0.15) is 24.0 Å². The molecule has 6 nitrogen and oxygen atoms in total. The van der Waals surface area contributed by atoms with Gasteiger partial charge in [0, 0.05) is 43.8 Å². The van der Waals surface area contributed by atoms with Gasteiger partial charge >= 0.3 is 0 Å². The van der Waals surface area contributed by atoms with Crippen LogP contribution in [0.25, 0.3) is 0 Å². The molecule has 2 aliphatic heterocycles. The third-order valence-corrected chi connectivity index (χ3v) is 5.65. The van der Waals surface area contributed by atoms with E-state index in [0.717, 1.165) is 38.0 Å². The molecular formula is C24H28ClN5O. The Morgan fingerprint density at radius 1 is 1.00 bits per heavy atom. The second-order valence-electron chi connectivity index (χ2n) is 7.91. The van der Waals surface area contributed by atoms with Gasteiger partial charge in [0.05, 0.1) is 24.8 Å². The van der Waals surface area contributed by atoms with Crippen molar-refractivity contribution in [2.45, 2.75) is 25.4 Å². The number of anilines is 1. The molecule has 162 valence electrons. The van der Waals surface area contributed by atoms with Crippen LogP contribution in [0, 0.1) is 11.3 Å². The number of carbonyl (C=O) groups is 1. The quantitative estimate of drug-likeness (QED) is 0.751. The minimum absolute atomic E-state index is 0. The minimum Gasteiger partial charge on any atom is -0.371 e. The van der Waals surface area contributed by atoms with E-state index in [1.165, 1.54) is 5.69 Å². The van der Waals surface area contributed by atoms with Gasteiger partial charge in [-0.3, -0.25) is 4.79 Å². The summed E-state index contributed by atoms with van der Waals surface area (Å²) in [6, 6.07) is 20.5. The van der Waals surface area contributed by atoms with E-state index in [0.29, 0.717) is 18.8 Å². The number of nitrogens with one attached hydrogen (secondary N) is 1. The van der Waals surface area contributed by atoms with Crippen molar-refractivity contribution < 1.29 is 4.79 Å². The molecule has 2 aromatic carbocycles. The summed E-state index contributed by atoms with van der Waals surface area (Å²) in [6.07, 6.45) is 5.94. The van der Waals surface area contributed by atoms with Gasteiger partial charge in [-0.05, 0) is 42.7 Å². The standard InChI is InChI=1S/C24H27N5O.ClH/c25-16-20-6-8-21(9-7-20)17-27-14-15-28(19-27)18-24(30)26-22-10-12-29(13-11-22)23-4-2-1-3-5-23;/h1-9,14-15,22H,10-13,17-19H2,(H,26,30);1H. The molecule has 7 heteroatoms. The van der Waals surface area contributed by atoms with Gasteiger partial charge in [-0.15, -0.1) is 12.4 Å². The molecule has 31 heavy (non-hydrogen) atoms. The van der Waals surface area contributed by atoms with E-state index in [1.54, 1.807) is 0 Å². The van der Waals surface area contributed by atoms with Gasteiger partial charge in [0.15, 0.2) is 0 Å². The fraction of sp³-hybridized carbons (Fsp3) is 0.333. The lowest BCUT2D eigenvalue weighted by Crippen LogP contribution is -2.47. The topological polar surface area (TPSA) is 62.6 Å². The monoisotopic (exact) mass is 437 g/mol. The molecule has 0 saturated carbocycles. The SMILES string of the molecule is Cl.N#Cc1ccc(CN2C=CN(CC(=O)NC3CCN(c4ccccc4)CC3)C2)cc1. The first-order chi connectivity index (χ1) is 14.7. The third kappa shape index (κ3) is 6.16. The smallest absolute Gasteiger partial charge is 0.239 e. The zero-order chi connectivity index (χ0) is 20.8. The fourth-order valence-electron chi connectivity index (χ4n) is 4.02. The van der Waals surface area contributed by atoms with Crippen molar-refractivity contribution in [3.63, 3.8) is 0 Å². The zero-order valence-corrected chi connectivity index (χ0v) is 18.3. The van der Waals surface area contributed by atoms with Crippen LogP contribution in [0.5, 0.6) is 0 Å². The average molecular weight is 438 g/mol. The molecule has 1 N–H and O–H groups in total. The van der Waals surface area contributed by atoms with Crippen molar-refractivity contribution in [1.82, 2.24) is 15.1 Å². The summed E-state index contributed by atoms with van der Waals surface area (Å²) in [5.41, 5.74) is 3.07. The molecule has 2 heterocycles. The number of carbonyl (C=O) groups excluding carboxylic acids is 1. The number of nitriles is 1. The lowest BCUT2D eigenvalue weighted by molar-refractivity contribution is -0.122. The van der Waals surface area contributed by atoms with Crippen LogP contribution < -0.4 is 10.2 Å². The maximum absolute atomic E-state index is 12.5. The highest BCUT2D eigenvalue weighted by molar-refractivity contribution is 5.85. The van der Waals surface area contributed by atoms with Gasteiger partial charge in [0.2, 0.25) is 5.91 Å². The molecule has 0 atom stereocenters. The number of nitrogens with zero attached hydrogens (tertiary/aromatic N) is 4. The number of hydrogen-bond acceptors (Lipinski definition) is 5. The number of para-hydroxylation sites is 1. The normalized spacial score (nSPS) is 16.0. The van der Waals surface area contributed by atoms with E-state index in [-0.39, 0.29) is 24.4 Å². The molecule has 1 fully saturated rings. The maximum Gasteiger partial charge on any atom is 0.239 e. The van der Waals surface area contributed by atoms with Gasteiger partial charge in [0.1, 0.15) is 0 Å². The van der Waals surface area contributed by atoms with Gasteiger partial charge < -0.3 is 20.0 Å². The van der Waals surface area contributed by atoms with E-state index in [9.17, 15) is 4.79 Å². The highest BCUT2D eigenvalue weighted by atomic mass is 35.5. The largest absolute Gasteiger partial charge is 0.371 e. The molecule has 0 spiro atoms. The number of amides is 1. The molecule has 0 aromatic heterocycles. The number of piperidine rings is 1.